The van der Waals surface area contributed by atoms with Crippen molar-refractivity contribution < 1.29 is 17.9 Å². The topological polar surface area (TPSA) is 111 Å². The smallest absolute Gasteiger partial charge is 0.241 e. The molecule has 2 aromatic rings. The minimum absolute atomic E-state index is 0.00790. The summed E-state index contributed by atoms with van der Waals surface area (Å²) in [5.74, 6) is 0.508. The van der Waals surface area contributed by atoms with E-state index in [1.165, 1.54) is 24.3 Å². The molecule has 0 radical (unpaired) electrons. The molecule has 0 aromatic heterocycles. The number of benzene rings is 2. The van der Waals surface area contributed by atoms with E-state index >= 15 is 0 Å². The lowest BCUT2D eigenvalue weighted by Crippen LogP contribution is -2.39. The van der Waals surface area contributed by atoms with Gasteiger partial charge in [0.15, 0.2) is 0 Å². The predicted octanol–water partition coefficient (Wildman–Crippen LogP) is 2.02. The fraction of sp³-hybridized carbons (Fsp3) is 0.278. The number of ether oxygens (including phenoxy) is 1. The summed E-state index contributed by atoms with van der Waals surface area (Å²) in [6.07, 6.45) is 0. The van der Waals surface area contributed by atoms with Gasteiger partial charge in [-0.05, 0) is 44.2 Å². The zero-order valence-corrected chi connectivity index (χ0v) is 15.7. The summed E-state index contributed by atoms with van der Waals surface area (Å²) >= 11 is 0. The fourth-order valence-electron chi connectivity index (χ4n) is 2.54. The average Bonchev–Trinajstić information content (AvgIpc) is 2.61. The maximum absolute atomic E-state index is 12.4. The summed E-state index contributed by atoms with van der Waals surface area (Å²) in [5, 5.41) is 11.0. The molecule has 0 fully saturated rings. The van der Waals surface area contributed by atoms with E-state index in [1.807, 2.05) is 31.2 Å². The first kappa shape index (κ1) is 19.9. The largest absolute Gasteiger partial charge is 0.496 e. The molecule has 2 atom stereocenters. The van der Waals surface area contributed by atoms with E-state index in [4.69, 9.17) is 9.88 Å². The number of primary sulfonamides is 1. The van der Waals surface area contributed by atoms with Crippen LogP contribution in [0.5, 0.6) is 5.75 Å². The Balaban J connectivity index is 2.01. The molecule has 0 saturated carbocycles. The zero-order chi connectivity index (χ0) is 19.3. The number of hydrogen-bond acceptors (Lipinski definition) is 5. The van der Waals surface area contributed by atoms with Gasteiger partial charge in [0.25, 0.3) is 0 Å². The highest BCUT2D eigenvalue weighted by atomic mass is 32.2. The second-order valence-corrected chi connectivity index (χ2v) is 7.47. The van der Waals surface area contributed by atoms with E-state index in [9.17, 15) is 13.2 Å². The SMILES string of the molecule is COc1ccccc1C(C)NC(C)C(=O)Nc1ccc(S(N)(=O)=O)cc1. The van der Waals surface area contributed by atoms with Crippen molar-refractivity contribution in [2.45, 2.75) is 30.8 Å². The van der Waals surface area contributed by atoms with E-state index in [0.29, 0.717) is 5.69 Å². The van der Waals surface area contributed by atoms with Gasteiger partial charge < -0.3 is 10.1 Å². The average molecular weight is 377 g/mol. The van der Waals surface area contributed by atoms with Crippen LogP contribution in [0, 0.1) is 0 Å². The van der Waals surface area contributed by atoms with E-state index in [2.05, 4.69) is 10.6 Å². The number of sulfonamides is 1. The molecule has 0 heterocycles. The maximum Gasteiger partial charge on any atom is 0.241 e. The first-order valence-electron chi connectivity index (χ1n) is 8.05. The first-order valence-corrected chi connectivity index (χ1v) is 9.59. The number of anilines is 1. The molecule has 140 valence electrons. The molecule has 2 rings (SSSR count). The number of methoxy groups -OCH3 is 1. The van der Waals surface area contributed by atoms with E-state index in [-0.39, 0.29) is 16.8 Å². The van der Waals surface area contributed by atoms with Crippen LogP contribution in [-0.2, 0) is 14.8 Å². The van der Waals surface area contributed by atoms with Gasteiger partial charge >= 0.3 is 0 Å². The molecule has 2 aromatic carbocycles. The third-order valence-electron chi connectivity index (χ3n) is 3.95. The lowest BCUT2D eigenvalue weighted by atomic mass is 10.1. The Morgan fingerprint density at radius 2 is 1.69 bits per heavy atom. The highest BCUT2D eigenvalue weighted by molar-refractivity contribution is 7.89. The molecule has 0 aliphatic carbocycles. The van der Waals surface area contributed by atoms with Crippen molar-refractivity contribution in [3.8, 4) is 5.75 Å². The fourth-order valence-corrected chi connectivity index (χ4v) is 3.06. The molecule has 0 bridgehead atoms. The molecular weight excluding hydrogens is 354 g/mol. The van der Waals surface area contributed by atoms with Crippen LogP contribution in [0.15, 0.2) is 53.4 Å². The van der Waals surface area contributed by atoms with Gasteiger partial charge in [-0.2, -0.15) is 0 Å². The number of hydrogen-bond donors (Lipinski definition) is 3. The Morgan fingerprint density at radius 1 is 1.08 bits per heavy atom. The van der Waals surface area contributed by atoms with Crippen LogP contribution in [0.3, 0.4) is 0 Å². The van der Waals surface area contributed by atoms with Crippen molar-refractivity contribution in [2.75, 3.05) is 12.4 Å². The van der Waals surface area contributed by atoms with Crippen LogP contribution in [0.4, 0.5) is 5.69 Å². The molecule has 1 amide bonds. The van der Waals surface area contributed by atoms with Gasteiger partial charge in [0.2, 0.25) is 15.9 Å². The third kappa shape index (κ3) is 5.04. The predicted molar refractivity (Wildman–Crippen MR) is 100 cm³/mol. The van der Waals surface area contributed by atoms with Crippen LogP contribution in [0.25, 0.3) is 0 Å². The number of nitrogens with one attached hydrogen (secondary N) is 2. The van der Waals surface area contributed by atoms with Gasteiger partial charge in [-0.3, -0.25) is 10.1 Å². The summed E-state index contributed by atoms with van der Waals surface area (Å²) in [5.41, 5.74) is 1.44. The standard InChI is InChI=1S/C18H23N3O4S/c1-12(16-6-4-5-7-17(16)25-3)20-13(2)18(22)21-14-8-10-15(11-9-14)26(19,23)24/h4-13,20H,1-3H3,(H,21,22)(H2,19,23,24). The minimum Gasteiger partial charge on any atom is -0.496 e. The van der Waals surface area contributed by atoms with Gasteiger partial charge in [0, 0.05) is 17.3 Å². The van der Waals surface area contributed by atoms with Gasteiger partial charge in [-0.15, -0.1) is 0 Å². The number of nitrogens with two attached hydrogens (primary N) is 1. The summed E-state index contributed by atoms with van der Waals surface area (Å²) in [6.45, 7) is 3.70. The molecular formula is C18H23N3O4S. The van der Waals surface area contributed by atoms with Crippen molar-refractivity contribution in [3.05, 3.63) is 54.1 Å². The van der Waals surface area contributed by atoms with Crippen molar-refractivity contribution in [1.29, 1.82) is 0 Å². The zero-order valence-electron chi connectivity index (χ0n) is 14.9. The van der Waals surface area contributed by atoms with Crippen molar-refractivity contribution >= 4 is 21.6 Å². The molecule has 0 aliphatic rings. The molecule has 7 nitrogen and oxygen atoms in total. The summed E-state index contributed by atoms with van der Waals surface area (Å²) in [7, 11) is -2.15. The van der Waals surface area contributed by atoms with Gasteiger partial charge in [-0.1, -0.05) is 18.2 Å². The Morgan fingerprint density at radius 3 is 2.27 bits per heavy atom. The molecule has 0 aliphatic heterocycles. The lowest BCUT2D eigenvalue weighted by molar-refractivity contribution is -0.117. The number of carbonyl (C=O) groups excluding carboxylic acids is 1. The van der Waals surface area contributed by atoms with E-state index in [1.54, 1.807) is 14.0 Å². The second kappa shape index (κ2) is 8.31. The Bertz CT molecular complexity index is 866. The third-order valence-corrected chi connectivity index (χ3v) is 4.88. The molecule has 26 heavy (non-hydrogen) atoms. The quantitative estimate of drug-likeness (QED) is 0.684. The Hall–Kier alpha value is -2.42. The van der Waals surface area contributed by atoms with Gasteiger partial charge in [-0.25, -0.2) is 13.6 Å². The van der Waals surface area contributed by atoms with Crippen LogP contribution in [-0.4, -0.2) is 27.5 Å². The second-order valence-electron chi connectivity index (χ2n) is 5.91. The Labute approximate surface area is 153 Å². The van der Waals surface area contributed by atoms with Crippen molar-refractivity contribution in [1.82, 2.24) is 5.32 Å². The number of amides is 1. The number of para-hydroxylation sites is 1. The van der Waals surface area contributed by atoms with E-state index < -0.39 is 16.1 Å². The van der Waals surface area contributed by atoms with Crippen LogP contribution >= 0.6 is 0 Å². The molecule has 2 unspecified atom stereocenters. The maximum atomic E-state index is 12.4. The van der Waals surface area contributed by atoms with Crippen LogP contribution < -0.4 is 20.5 Å². The highest BCUT2D eigenvalue weighted by Crippen LogP contribution is 2.24. The molecule has 8 heteroatoms. The minimum atomic E-state index is -3.75. The number of rotatable bonds is 7. The van der Waals surface area contributed by atoms with Crippen LogP contribution in [0.2, 0.25) is 0 Å². The van der Waals surface area contributed by atoms with Gasteiger partial charge in [0.05, 0.1) is 18.0 Å². The monoisotopic (exact) mass is 377 g/mol. The normalized spacial score (nSPS) is 13.7. The number of carbonyl (C=O) groups is 1. The summed E-state index contributed by atoms with van der Waals surface area (Å²) in [6, 6.07) is 12.7. The highest BCUT2D eigenvalue weighted by Gasteiger charge is 2.18. The van der Waals surface area contributed by atoms with E-state index in [0.717, 1.165) is 11.3 Å². The van der Waals surface area contributed by atoms with Gasteiger partial charge in [0.1, 0.15) is 5.75 Å². The van der Waals surface area contributed by atoms with Crippen LogP contribution in [0.1, 0.15) is 25.5 Å². The molecule has 0 saturated heterocycles. The summed E-state index contributed by atoms with van der Waals surface area (Å²) in [4.78, 5) is 12.4. The molecule has 0 spiro atoms. The Kier molecular flexibility index (Phi) is 6.36. The first-order chi connectivity index (χ1) is 12.2. The summed E-state index contributed by atoms with van der Waals surface area (Å²) < 4.78 is 27.8. The van der Waals surface area contributed by atoms with Crippen molar-refractivity contribution in [3.63, 3.8) is 0 Å². The molecule has 4 N–H and O–H groups in total. The lowest BCUT2D eigenvalue weighted by Gasteiger charge is -2.21. The van der Waals surface area contributed by atoms with Crippen molar-refractivity contribution in [2.24, 2.45) is 5.14 Å².